The molecule has 0 bridgehead atoms. The summed E-state index contributed by atoms with van der Waals surface area (Å²) in [5.41, 5.74) is 17.5. The molecule has 2 aromatic rings. The molecule has 7 amide bonds. The van der Waals surface area contributed by atoms with Crippen LogP contribution in [-0.2, 0) is 56.2 Å². The Hall–Kier alpha value is -6.09. The number of guanidine groups is 1. The van der Waals surface area contributed by atoms with E-state index in [2.05, 4.69) is 36.9 Å². The lowest BCUT2D eigenvalue weighted by atomic mass is 10.0. The Morgan fingerprint density at radius 3 is 1.48 bits per heavy atom. The number of rotatable bonds is 26. The van der Waals surface area contributed by atoms with E-state index >= 15 is 0 Å². The van der Waals surface area contributed by atoms with Crippen LogP contribution in [-0.4, -0.2) is 122 Å². The molecule has 61 heavy (non-hydrogen) atoms. The summed E-state index contributed by atoms with van der Waals surface area (Å²) in [5, 5.41) is 25.6. The van der Waals surface area contributed by atoms with Gasteiger partial charge in [-0.1, -0.05) is 74.5 Å². The number of nitrogens with zero attached hydrogens (tertiary/aromatic N) is 1. The molecule has 0 aliphatic rings. The monoisotopic (exact) mass is 872 g/mol. The number of hydrogen-bond acceptors (Lipinski definition) is 11. The van der Waals surface area contributed by atoms with E-state index in [1.54, 1.807) is 74.5 Å². The smallest absolute Gasteiger partial charge is 0.245 e. The van der Waals surface area contributed by atoms with Crippen molar-refractivity contribution in [1.29, 1.82) is 0 Å². The molecule has 13 N–H and O–H groups in total. The van der Waals surface area contributed by atoms with Crippen molar-refractivity contribution < 1.29 is 47.1 Å². The van der Waals surface area contributed by atoms with E-state index in [9.17, 15) is 47.1 Å². The van der Waals surface area contributed by atoms with Crippen LogP contribution in [0.3, 0.4) is 0 Å². The number of sulfone groups is 1. The molecule has 0 fully saturated rings. The molecule has 0 saturated carbocycles. The van der Waals surface area contributed by atoms with Gasteiger partial charge in [0.25, 0.3) is 0 Å². The van der Waals surface area contributed by atoms with Crippen LogP contribution in [0.2, 0.25) is 0 Å². The number of benzene rings is 2. The van der Waals surface area contributed by atoms with Gasteiger partial charge in [-0.25, -0.2) is 8.42 Å². The van der Waals surface area contributed by atoms with Gasteiger partial charge in [0.1, 0.15) is 46.1 Å². The average Bonchev–Trinajstić information content (AvgIpc) is 3.18. The summed E-state index contributed by atoms with van der Waals surface area (Å²) in [6, 6.07) is 9.30. The lowest BCUT2D eigenvalue weighted by Crippen LogP contribution is -2.61. The number of amides is 7. The fourth-order valence-electron chi connectivity index (χ4n) is 6.01. The molecule has 336 valence electrons. The second kappa shape index (κ2) is 25.5. The first-order valence-corrected chi connectivity index (χ1v) is 21.7. The van der Waals surface area contributed by atoms with Crippen LogP contribution in [0.5, 0.6) is 0 Å². The normalized spacial score (nSPS) is 14.1. The molecule has 2 rings (SSSR count). The summed E-state index contributed by atoms with van der Waals surface area (Å²) in [5.74, 6) is -6.45. The van der Waals surface area contributed by atoms with Crippen molar-refractivity contribution in [2.75, 3.05) is 25.2 Å². The first-order chi connectivity index (χ1) is 28.7. The number of primary amides is 1. The Kier molecular flexibility index (Phi) is 21.4. The van der Waals surface area contributed by atoms with Gasteiger partial charge < -0.3 is 54.2 Å². The van der Waals surface area contributed by atoms with E-state index in [-0.39, 0.29) is 50.5 Å². The largest absolute Gasteiger partial charge is 0.394 e. The van der Waals surface area contributed by atoms with Crippen molar-refractivity contribution in [1.82, 2.24) is 31.9 Å². The minimum atomic E-state index is -3.51. The summed E-state index contributed by atoms with van der Waals surface area (Å²) >= 11 is 0. The Morgan fingerprint density at radius 2 is 1.05 bits per heavy atom. The number of carbonyl (C=O) groups excluding carboxylic acids is 7. The summed E-state index contributed by atoms with van der Waals surface area (Å²) < 4.78 is 23.4. The van der Waals surface area contributed by atoms with Gasteiger partial charge >= 0.3 is 0 Å². The Bertz CT molecular complexity index is 1930. The van der Waals surface area contributed by atoms with Crippen molar-refractivity contribution >= 4 is 57.1 Å². The van der Waals surface area contributed by atoms with E-state index < -0.39 is 99.8 Å². The molecular formula is C40H60N10O10S. The van der Waals surface area contributed by atoms with Gasteiger partial charge in [0.2, 0.25) is 41.4 Å². The van der Waals surface area contributed by atoms with E-state index in [1.807, 2.05) is 0 Å². The highest BCUT2D eigenvalue weighted by Gasteiger charge is 2.33. The van der Waals surface area contributed by atoms with Gasteiger partial charge in [0, 0.05) is 32.6 Å². The average molecular weight is 873 g/mol. The lowest BCUT2D eigenvalue weighted by molar-refractivity contribution is -0.136. The Balaban J connectivity index is 2.38. The molecule has 6 atom stereocenters. The fourth-order valence-corrected chi connectivity index (χ4v) is 6.68. The Morgan fingerprint density at radius 1 is 0.623 bits per heavy atom. The predicted molar refractivity (Wildman–Crippen MR) is 228 cm³/mol. The van der Waals surface area contributed by atoms with Gasteiger partial charge in [-0.3, -0.25) is 38.6 Å². The van der Waals surface area contributed by atoms with Crippen molar-refractivity contribution in [3.8, 4) is 0 Å². The highest BCUT2D eigenvalue weighted by atomic mass is 32.2. The molecular weight excluding hydrogens is 813 g/mol. The molecule has 0 spiro atoms. The van der Waals surface area contributed by atoms with Gasteiger partial charge in [0.05, 0.1) is 12.4 Å². The summed E-state index contributed by atoms with van der Waals surface area (Å²) in [6.07, 6.45) is 1.02. The molecule has 0 unspecified atom stereocenters. The minimum absolute atomic E-state index is 0.0231. The summed E-state index contributed by atoms with van der Waals surface area (Å²) in [6.45, 7) is 4.00. The third kappa shape index (κ3) is 20.1. The topological polar surface area (TPSA) is 336 Å². The van der Waals surface area contributed by atoms with Gasteiger partial charge in [-0.2, -0.15) is 0 Å². The SMILES string of the molecule is CC(=O)N[C@@H](CCCN=C(N)N)C(=O)N[C@@H](Cc1ccccc1)C(=O)N[C@@H](Cc1ccccc1)C(=O)N[C@@H](CO)C(=O)N[C@@H](CC(C)C)C(=O)N[C@@H](CCS(C)(=O)=O)C(N)=O. The van der Waals surface area contributed by atoms with Crippen LogP contribution in [0.1, 0.15) is 57.6 Å². The molecule has 20 nitrogen and oxygen atoms in total. The highest BCUT2D eigenvalue weighted by molar-refractivity contribution is 7.90. The maximum atomic E-state index is 14.1. The molecule has 21 heteroatoms. The molecule has 0 radical (unpaired) electrons. The summed E-state index contributed by atoms with van der Waals surface area (Å²) in [4.78, 5) is 96.7. The standard InChI is InChI=1S/C40H60N10O10S/c1-24(2)20-30(36(55)46-28(34(41)53)17-19-61(4,59)60)47-39(58)33(23-51)50-38(57)32(22-27-14-9-6-10-15-27)49-37(56)31(21-26-12-7-5-8-13-26)48-35(54)29(45-25(3)52)16-11-18-44-40(42)43/h5-10,12-15,24,28-33,51H,11,16-23H2,1-4H3,(H2,41,53)(H,45,52)(H,46,55)(H,47,58)(H,48,54)(H,49,56)(H,50,57)(H4,42,43,44)/t28-,29-,30-,31-,32-,33-/m0/s1. The maximum absolute atomic E-state index is 14.1. The first kappa shape index (κ1) is 51.1. The zero-order chi connectivity index (χ0) is 45.7. The Labute approximate surface area is 355 Å². The van der Waals surface area contributed by atoms with Crippen LogP contribution in [0.4, 0.5) is 0 Å². The van der Waals surface area contributed by atoms with Crippen molar-refractivity contribution in [3.05, 3.63) is 71.8 Å². The predicted octanol–water partition coefficient (Wildman–Crippen LogP) is -2.59. The van der Waals surface area contributed by atoms with Crippen LogP contribution >= 0.6 is 0 Å². The number of hydrogen-bond donors (Lipinski definition) is 10. The number of aliphatic hydroxyl groups is 1. The zero-order valence-electron chi connectivity index (χ0n) is 34.9. The van der Waals surface area contributed by atoms with Crippen LogP contribution < -0.4 is 49.1 Å². The van der Waals surface area contributed by atoms with Crippen molar-refractivity contribution in [2.24, 2.45) is 28.1 Å². The third-order valence-electron chi connectivity index (χ3n) is 9.06. The number of aliphatic hydroxyl groups excluding tert-OH is 1. The third-order valence-corrected chi connectivity index (χ3v) is 10.0. The van der Waals surface area contributed by atoms with Crippen LogP contribution in [0.15, 0.2) is 65.7 Å². The quantitative estimate of drug-likeness (QED) is 0.0265. The van der Waals surface area contributed by atoms with Gasteiger partial charge in [-0.15, -0.1) is 0 Å². The number of nitrogens with one attached hydrogen (secondary N) is 6. The molecule has 0 aliphatic heterocycles. The first-order valence-electron chi connectivity index (χ1n) is 19.7. The second-order valence-corrected chi connectivity index (χ2v) is 17.3. The lowest BCUT2D eigenvalue weighted by Gasteiger charge is -2.27. The molecule has 0 aliphatic carbocycles. The van der Waals surface area contributed by atoms with E-state index in [0.717, 1.165) is 6.26 Å². The molecule has 0 aromatic heterocycles. The molecule has 0 heterocycles. The number of aliphatic imine (C=N–C) groups is 1. The number of nitrogens with two attached hydrogens (primary N) is 3. The fraction of sp³-hybridized carbons (Fsp3) is 0.500. The summed E-state index contributed by atoms with van der Waals surface area (Å²) in [7, 11) is -3.51. The zero-order valence-corrected chi connectivity index (χ0v) is 35.7. The van der Waals surface area contributed by atoms with Crippen LogP contribution in [0.25, 0.3) is 0 Å². The van der Waals surface area contributed by atoms with Crippen LogP contribution in [0, 0.1) is 5.92 Å². The van der Waals surface area contributed by atoms with Crippen molar-refractivity contribution in [3.63, 3.8) is 0 Å². The van der Waals surface area contributed by atoms with E-state index in [4.69, 9.17) is 17.2 Å². The second-order valence-electron chi connectivity index (χ2n) is 15.0. The van der Waals surface area contributed by atoms with Gasteiger partial charge in [0.15, 0.2) is 5.96 Å². The van der Waals surface area contributed by atoms with E-state index in [1.165, 1.54) is 6.92 Å². The van der Waals surface area contributed by atoms with Gasteiger partial charge in [-0.05, 0) is 42.7 Å². The maximum Gasteiger partial charge on any atom is 0.245 e. The number of carbonyl (C=O) groups is 7. The molecule has 2 aromatic carbocycles. The minimum Gasteiger partial charge on any atom is -0.394 e. The molecule has 0 saturated heterocycles. The van der Waals surface area contributed by atoms with Crippen molar-refractivity contribution in [2.45, 2.75) is 95.5 Å². The van der Waals surface area contributed by atoms with E-state index in [0.29, 0.717) is 17.5 Å². The highest BCUT2D eigenvalue weighted by Crippen LogP contribution is 2.10.